The van der Waals surface area contributed by atoms with E-state index in [9.17, 15) is 0 Å². The van der Waals surface area contributed by atoms with Gasteiger partial charge in [-0.2, -0.15) is 5.10 Å². The zero-order valence-corrected chi connectivity index (χ0v) is 14.1. The van der Waals surface area contributed by atoms with E-state index >= 15 is 0 Å². The van der Waals surface area contributed by atoms with Gasteiger partial charge in [-0.3, -0.25) is 5.43 Å². The summed E-state index contributed by atoms with van der Waals surface area (Å²) < 4.78 is 10.9. The van der Waals surface area contributed by atoms with Crippen LogP contribution in [0.3, 0.4) is 0 Å². The van der Waals surface area contributed by atoms with Crippen molar-refractivity contribution in [1.82, 2.24) is 10.7 Å². The molecule has 1 aromatic rings. The van der Waals surface area contributed by atoms with Gasteiger partial charge in [-0.15, -0.1) is 0 Å². The number of thiocarbonyl (C=S) groups is 1. The van der Waals surface area contributed by atoms with E-state index in [1.54, 1.807) is 7.11 Å². The maximum absolute atomic E-state index is 5.54. The van der Waals surface area contributed by atoms with Crippen LogP contribution in [0.2, 0.25) is 0 Å². The lowest BCUT2D eigenvalue weighted by molar-refractivity contribution is 0.114. The number of hydrogen-bond donors (Lipinski definition) is 2. The van der Waals surface area contributed by atoms with Crippen LogP contribution in [-0.2, 0) is 4.74 Å². The highest BCUT2D eigenvalue weighted by atomic mass is 32.1. The Morgan fingerprint density at radius 3 is 3.00 bits per heavy atom. The van der Waals surface area contributed by atoms with Gasteiger partial charge in [0, 0.05) is 18.7 Å². The topological polar surface area (TPSA) is 54.9 Å². The number of aryl methyl sites for hydroxylation is 1. The summed E-state index contributed by atoms with van der Waals surface area (Å²) in [5, 5.41) is 7.96. The lowest BCUT2D eigenvalue weighted by Crippen LogP contribution is -2.37. The van der Waals surface area contributed by atoms with Crippen molar-refractivity contribution >= 4 is 23.0 Å². The SMILES string of the molecule is COc1ccc(C)cc1/C(C)=N\NC(=S)NC[C@@H]1CCCO1. The predicted molar refractivity (Wildman–Crippen MR) is 92.7 cm³/mol. The quantitative estimate of drug-likeness (QED) is 0.495. The summed E-state index contributed by atoms with van der Waals surface area (Å²) in [7, 11) is 1.66. The molecule has 0 aromatic heterocycles. The first kappa shape index (κ1) is 16.7. The van der Waals surface area contributed by atoms with Crippen molar-refractivity contribution < 1.29 is 9.47 Å². The van der Waals surface area contributed by atoms with E-state index in [0.717, 1.165) is 42.0 Å². The van der Waals surface area contributed by atoms with Gasteiger partial charge in [-0.25, -0.2) is 0 Å². The van der Waals surface area contributed by atoms with Gasteiger partial charge >= 0.3 is 0 Å². The van der Waals surface area contributed by atoms with Crippen molar-refractivity contribution in [3.05, 3.63) is 29.3 Å². The third kappa shape index (κ3) is 4.68. The molecule has 120 valence electrons. The molecule has 1 aliphatic heterocycles. The van der Waals surface area contributed by atoms with Gasteiger partial charge in [0.1, 0.15) is 5.75 Å². The van der Waals surface area contributed by atoms with Gasteiger partial charge in [0.25, 0.3) is 0 Å². The molecule has 6 heteroatoms. The minimum absolute atomic E-state index is 0.252. The van der Waals surface area contributed by atoms with Crippen molar-refractivity contribution in [2.45, 2.75) is 32.8 Å². The summed E-state index contributed by atoms with van der Waals surface area (Å²) in [5.41, 5.74) is 5.81. The number of nitrogens with zero attached hydrogens (tertiary/aromatic N) is 1. The number of nitrogens with one attached hydrogen (secondary N) is 2. The smallest absolute Gasteiger partial charge is 0.187 e. The van der Waals surface area contributed by atoms with Crippen molar-refractivity contribution in [3.63, 3.8) is 0 Å². The second kappa shape index (κ2) is 8.10. The molecule has 0 bridgehead atoms. The monoisotopic (exact) mass is 321 g/mol. The van der Waals surface area contributed by atoms with Gasteiger partial charge in [0.2, 0.25) is 0 Å². The Kier molecular flexibility index (Phi) is 6.15. The first-order valence-electron chi connectivity index (χ1n) is 7.45. The van der Waals surface area contributed by atoms with Crippen molar-refractivity contribution in [3.8, 4) is 5.75 Å². The van der Waals surface area contributed by atoms with Crippen LogP contribution in [0, 0.1) is 6.92 Å². The Balaban J connectivity index is 1.91. The molecule has 22 heavy (non-hydrogen) atoms. The van der Waals surface area contributed by atoms with Gasteiger partial charge in [0.15, 0.2) is 5.11 Å². The Hall–Kier alpha value is -1.66. The molecule has 1 heterocycles. The van der Waals surface area contributed by atoms with Crippen LogP contribution in [0.1, 0.15) is 30.9 Å². The predicted octanol–water partition coefficient (Wildman–Crippen LogP) is 2.37. The molecule has 1 fully saturated rings. The van der Waals surface area contributed by atoms with Crippen LogP contribution in [0.15, 0.2) is 23.3 Å². The second-order valence-electron chi connectivity index (χ2n) is 5.36. The molecule has 1 aromatic carbocycles. The first-order valence-corrected chi connectivity index (χ1v) is 7.85. The number of rotatable bonds is 5. The summed E-state index contributed by atoms with van der Waals surface area (Å²) in [6, 6.07) is 6.00. The number of hydrogen-bond acceptors (Lipinski definition) is 4. The summed E-state index contributed by atoms with van der Waals surface area (Å²) >= 11 is 5.23. The van der Waals surface area contributed by atoms with Gasteiger partial charge in [0.05, 0.1) is 18.9 Å². The van der Waals surface area contributed by atoms with Gasteiger partial charge in [-0.1, -0.05) is 11.6 Å². The van der Waals surface area contributed by atoms with Crippen LogP contribution in [0.4, 0.5) is 0 Å². The number of hydrazone groups is 1. The van der Waals surface area contributed by atoms with Crippen LogP contribution < -0.4 is 15.5 Å². The highest BCUT2D eigenvalue weighted by molar-refractivity contribution is 7.80. The molecule has 0 saturated carbocycles. The third-order valence-corrected chi connectivity index (χ3v) is 3.82. The Bertz CT molecular complexity index is 554. The first-order chi connectivity index (χ1) is 10.6. The summed E-state index contributed by atoms with van der Waals surface area (Å²) in [6.45, 7) is 5.52. The average Bonchev–Trinajstić information content (AvgIpc) is 3.04. The summed E-state index contributed by atoms with van der Waals surface area (Å²) in [4.78, 5) is 0. The van der Waals surface area contributed by atoms with E-state index in [0.29, 0.717) is 11.7 Å². The highest BCUT2D eigenvalue weighted by Crippen LogP contribution is 2.20. The normalized spacial score (nSPS) is 18.1. The number of ether oxygens (including phenoxy) is 2. The van der Waals surface area contributed by atoms with Crippen LogP contribution >= 0.6 is 12.2 Å². The van der Waals surface area contributed by atoms with Gasteiger partial charge in [-0.05, 0) is 51.0 Å². The minimum Gasteiger partial charge on any atom is -0.496 e. The highest BCUT2D eigenvalue weighted by Gasteiger charge is 2.15. The molecule has 0 spiro atoms. The van der Waals surface area contributed by atoms with Crippen LogP contribution in [0.5, 0.6) is 5.75 Å². The molecular weight excluding hydrogens is 298 g/mol. The average molecular weight is 321 g/mol. The summed E-state index contributed by atoms with van der Waals surface area (Å²) in [6.07, 6.45) is 2.46. The largest absolute Gasteiger partial charge is 0.496 e. The lowest BCUT2D eigenvalue weighted by Gasteiger charge is -2.13. The van der Waals surface area contributed by atoms with E-state index in [2.05, 4.69) is 15.8 Å². The maximum Gasteiger partial charge on any atom is 0.187 e. The minimum atomic E-state index is 0.252. The molecule has 0 radical (unpaired) electrons. The number of methoxy groups -OCH3 is 1. The molecule has 1 atom stereocenters. The van der Waals surface area contributed by atoms with E-state index in [1.165, 1.54) is 0 Å². The molecular formula is C16H23N3O2S. The Morgan fingerprint density at radius 2 is 2.32 bits per heavy atom. The van der Waals surface area contributed by atoms with E-state index in [1.807, 2.05) is 32.0 Å². The molecule has 1 aliphatic rings. The standard InChI is InChI=1S/C16H23N3O2S/c1-11-6-7-15(20-3)14(9-11)12(2)18-19-16(22)17-10-13-5-4-8-21-13/h6-7,9,13H,4-5,8,10H2,1-3H3,(H2,17,19,22)/b18-12-/t13-/m0/s1. The van der Waals surface area contributed by atoms with E-state index in [-0.39, 0.29) is 6.10 Å². The van der Waals surface area contributed by atoms with Crippen LogP contribution in [-0.4, -0.2) is 37.2 Å². The fourth-order valence-corrected chi connectivity index (χ4v) is 2.48. The maximum atomic E-state index is 5.54. The van der Waals surface area contributed by atoms with Crippen LogP contribution in [0.25, 0.3) is 0 Å². The third-order valence-electron chi connectivity index (χ3n) is 3.58. The van der Waals surface area contributed by atoms with Crippen molar-refractivity contribution in [2.75, 3.05) is 20.3 Å². The lowest BCUT2D eigenvalue weighted by atomic mass is 10.1. The fraction of sp³-hybridized carbons (Fsp3) is 0.500. The number of benzene rings is 1. The molecule has 1 saturated heterocycles. The van der Waals surface area contributed by atoms with Crippen molar-refractivity contribution in [2.24, 2.45) is 5.10 Å². The van der Waals surface area contributed by atoms with Crippen molar-refractivity contribution in [1.29, 1.82) is 0 Å². The zero-order chi connectivity index (χ0) is 15.9. The molecule has 0 amide bonds. The zero-order valence-electron chi connectivity index (χ0n) is 13.3. The fourth-order valence-electron chi connectivity index (χ4n) is 2.35. The van der Waals surface area contributed by atoms with Gasteiger partial charge < -0.3 is 14.8 Å². The second-order valence-corrected chi connectivity index (χ2v) is 5.77. The molecule has 5 nitrogen and oxygen atoms in total. The van der Waals surface area contributed by atoms with E-state index < -0.39 is 0 Å². The molecule has 0 unspecified atom stereocenters. The van der Waals surface area contributed by atoms with E-state index in [4.69, 9.17) is 21.7 Å². The molecule has 0 aliphatic carbocycles. The Morgan fingerprint density at radius 1 is 1.50 bits per heavy atom. The molecule has 2 rings (SSSR count). The Labute approximate surface area is 137 Å². The molecule has 2 N–H and O–H groups in total. The summed E-state index contributed by atoms with van der Waals surface area (Å²) in [5.74, 6) is 0.798.